The average molecular weight is 161 g/mol. The number of hydrogen-bond donors (Lipinski definition) is 1. The molecule has 0 saturated carbocycles. The Morgan fingerprint density at radius 1 is 1.33 bits per heavy atom. The van der Waals surface area contributed by atoms with Gasteiger partial charge in [0.25, 0.3) is 0 Å². The van der Waals surface area contributed by atoms with E-state index in [1.807, 2.05) is 18.3 Å². The Morgan fingerprint density at radius 3 is 3.00 bits per heavy atom. The van der Waals surface area contributed by atoms with Gasteiger partial charge in [0.15, 0.2) is 0 Å². The topological polar surface area (TPSA) is 25.0 Å². The van der Waals surface area contributed by atoms with E-state index in [0.29, 0.717) is 6.61 Å². The minimum atomic E-state index is 0.671. The van der Waals surface area contributed by atoms with Crippen molar-refractivity contribution in [3.63, 3.8) is 0 Å². The highest BCUT2D eigenvalue weighted by molar-refractivity contribution is 5.82. The lowest BCUT2D eigenvalue weighted by Crippen LogP contribution is -1.83. The monoisotopic (exact) mass is 161 g/mol. The number of rotatable bonds is 2. The number of nitrogens with one attached hydrogen (secondary N) is 1. The molecule has 1 aromatic heterocycles. The van der Waals surface area contributed by atoms with E-state index in [1.165, 1.54) is 16.5 Å². The van der Waals surface area contributed by atoms with E-state index >= 15 is 0 Å². The lowest BCUT2D eigenvalue weighted by atomic mass is 10.2. The fraction of sp³-hybridized carbons (Fsp3) is 0.200. The van der Waals surface area contributed by atoms with Crippen LogP contribution in [-0.2, 0) is 11.3 Å². The summed E-state index contributed by atoms with van der Waals surface area (Å²) in [5.74, 6) is 0. The number of H-pyrrole nitrogens is 1. The molecule has 0 saturated heterocycles. The van der Waals surface area contributed by atoms with Crippen LogP contribution >= 0.6 is 0 Å². The van der Waals surface area contributed by atoms with Crippen LogP contribution in [0.5, 0.6) is 0 Å². The molecule has 2 nitrogen and oxygen atoms in total. The van der Waals surface area contributed by atoms with Gasteiger partial charge in [-0.2, -0.15) is 0 Å². The average Bonchev–Trinajstić information content (AvgIpc) is 2.50. The number of aromatic nitrogens is 1. The van der Waals surface area contributed by atoms with Gasteiger partial charge in [0.05, 0.1) is 6.61 Å². The van der Waals surface area contributed by atoms with Crippen LogP contribution in [0.3, 0.4) is 0 Å². The van der Waals surface area contributed by atoms with Gasteiger partial charge >= 0.3 is 0 Å². The molecule has 2 aromatic rings. The van der Waals surface area contributed by atoms with Gasteiger partial charge in [-0.3, -0.25) is 0 Å². The molecule has 0 aliphatic carbocycles. The quantitative estimate of drug-likeness (QED) is 0.718. The zero-order valence-electron chi connectivity index (χ0n) is 7.00. The Labute approximate surface area is 71.2 Å². The van der Waals surface area contributed by atoms with Gasteiger partial charge < -0.3 is 9.72 Å². The fourth-order valence-corrected chi connectivity index (χ4v) is 1.41. The van der Waals surface area contributed by atoms with Gasteiger partial charge in [-0.15, -0.1) is 0 Å². The van der Waals surface area contributed by atoms with Crippen molar-refractivity contribution >= 4 is 10.9 Å². The summed E-state index contributed by atoms with van der Waals surface area (Å²) in [5, 5.41) is 1.25. The largest absolute Gasteiger partial charge is 0.380 e. The third kappa shape index (κ3) is 1.10. The molecule has 0 bridgehead atoms. The van der Waals surface area contributed by atoms with Crippen LogP contribution in [-0.4, -0.2) is 12.1 Å². The summed E-state index contributed by atoms with van der Waals surface area (Å²) in [6.07, 6.45) is 1.99. The first-order valence-electron chi connectivity index (χ1n) is 3.96. The van der Waals surface area contributed by atoms with Gasteiger partial charge in [-0.1, -0.05) is 18.2 Å². The van der Waals surface area contributed by atoms with Crippen molar-refractivity contribution in [3.05, 3.63) is 36.0 Å². The summed E-state index contributed by atoms with van der Waals surface area (Å²) in [5.41, 5.74) is 2.39. The minimum absolute atomic E-state index is 0.671. The van der Waals surface area contributed by atoms with Crippen LogP contribution in [0.15, 0.2) is 30.5 Å². The lowest BCUT2D eigenvalue weighted by Gasteiger charge is -1.95. The zero-order chi connectivity index (χ0) is 8.39. The standard InChI is InChI=1S/C10H11NO/c1-12-7-8-6-11-10-5-3-2-4-9(8)10/h2-6,11H,7H2,1H3. The third-order valence-electron chi connectivity index (χ3n) is 1.97. The first-order valence-corrected chi connectivity index (χ1v) is 3.96. The highest BCUT2D eigenvalue weighted by Gasteiger charge is 2.00. The zero-order valence-corrected chi connectivity index (χ0v) is 7.00. The number of para-hydroxylation sites is 1. The van der Waals surface area contributed by atoms with E-state index in [1.54, 1.807) is 7.11 Å². The fourth-order valence-electron chi connectivity index (χ4n) is 1.41. The molecule has 0 radical (unpaired) electrons. The second-order valence-electron chi connectivity index (χ2n) is 2.79. The lowest BCUT2D eigenvalue weighted by molar-refractivity contribution is 0.186. The van der Waals surface area contributed by atoms with Crippen LogP contribution in [0, 0.1) is 0 Å². The number of aromatic amines is 1. The molecule has 1 aromatic carbocycles. The van der Waals surface area contributed by atoms with Crippen molar-refractivity contribution < 1.29 is 4.74 Å². The Morgan fingerprint density at radius 2 is 2.17 bits per heavy atom. The maximum absolute atomic E-state index is 5.07. The number of methoxy groups -OCH3 is 1. The van der Waals surface area contributed by atoms with Crippen molar-refractivity contribution in [2.45, 2.75) is 6.61 Å². The molecule has 2 heteroatoms. The summed E-state index contributed by atoms with van der Waals surface area (Å²) < 4.78 is 5.07. The number of benzene rings is 1. The van der Waals surface area contributed by atoms with Gasteiger partial charge in [-0.05, 0) is 6.07 Å². The predicted octanol–water partition coefficient (Wildman–Crippen LogP) is 2.31. The van der Waals surface area contributed by atoms with Crippen molar-refractivity contribution in [1.82, 2.24) is 4.98 Å². The molecule has 0 amide bonds. The molecular formula is C10H11NO. The van der Waals surface area contributed by atoms with Crippen LogP contribution < -0.4 is 0 Å². The SMILES string of the molecule is COCc1c[nH]c2ccccc12. The number of hydrogen-bond acceptors (Lipinski definition) is 1. The van der Waals surface area contributed by atoms with Crippen LogP contribution in [0.2, 0.25) is 0 Å². The van der Waals surface area contributed by atoms with E-state index < -0.39 is 0 Å². The smallest absolute Gasteiger partial charge is 0.0733 e. The van der Waals surface area contributed by atoms with Gasteiger partial charge in [0.2, 0.25) is 0 Å². The summed E-state index contributed by atoms with van der Waals surface area (Å²) >= 11 is 0. The van der Waals surface area contributed by atoms with E-state index in [2.05, 4.69) is 17.1 Å². The molecule has 1 N–H and O–H groups in total. The molecule has 0 spiro atoms. The number of fused-ring (bicyclic) bond motifs is 1. The Balaban J connectivity index is 2.55. The number of ether oxygens (including phenoxy) is 1. The van der Waals surface area contributed by atoms with Crippen LogP contribution in [0.25, 0.3) is 10.9 Å². The molecule has 0 atom stereocenters. The second-order valence-corrected chi connectivity index (χ2v) is 2.79. The van der Waals surface area contributed by atoms with Crippen LogP contribution in [0.4, 0.5) is 0 Å². The molecule has 62 valence electrons. The molecule has 0 fully saturated rings. The first-order chi connectivity index (χ1) is 5.92. The van der Waals surface area contributed by atoms with Crippen molar-refractivity contribution in [1.29, 1.82) is 0 Å². The first kappa shape index (κ1) is 7.37. The normalized spacial score (nSPS) is 10.8. The molecule has 12 heavy (non-hydrogen) atoms. The summed E-state index contributed by atoms with van der Waals surface area (Å²) in [6, 6.07) is 8.22. The van der Waals surface area contributed by atoms with E-state index in [9.17, 15) is 0 Å². The Hall–Kier alpha value is -1.28. The Bertz CT molecular complexity index is 378. The molecule has 0 aliphatic heterocycles. The van der Waals surface area contributed by atoms with E-state index in [0.717, 1.165) is 0 Å². The molecule has 1 heterocycles. The van der Waals surface area contributed by atoms with Gasteiger partial charge in [0, 0.05) is 29.8 Å². The second kappa shape index (κ2) is 2.99. The Kier molecular flexibility index (Phi) is 1.84. The highest BCUT2D eigenvalue weighted by atomic mass is 16.5. The van der Waals surface area contributed by atoms with E-state index in [4.69, 9.17) is 4.74 Å². The maximum atomic E-state index is 5.07. The maximum Gasteiger partial charge on any atom is 0.0733 e. The van der Waals surface area contributed by atoms with Crippen LogP contribution in [0.1, 0.15) is 5.56 Å². The molecule has 0 aliphatic rings. The van der Waals surface area contributed by atoms with Crippen molar-refractivity contribution in [3.8, 4) is 0 Å². The molecule has 2 rings (SSSR count). The summed E-state index contributed by atoms with van der Waals surface area (Å²) in [6.45, 7) is 0.671. The molecule has 0 unspecified atom stereocenters. The summed E-state index contributed by atoms with van der Waals surface area (Å²) in [7, 11) is 1.71. The van der Waals surface area contributed by atoms with Gasteiger partial charge in [-0.25, -0.2) is 0 Å². The predicted molar refractivity (Wildman–Crippen MR) is 49.0 cm³/mol. The van der Waals surface area contributed by atoms with Crippen molar-refractivity contribution in [2.75, 3.05) is 7.11 Å². The van der Waals surface area contributed by atoms with Gasteiger partial charge in [0.1, 0.15) is 0 Å². The highest BCUT2D eigenvalue weighted by Crippen LogP contribution is 2.17. The van der Waals surface area contributed by atoms with Crippen molar-refractivity contribution in [2.24, 2.45) is 0 Å². The minimum Gasteiger partial charge on any atom is -0.380 e. The molecular weight excluding hydrogens is 150 g/mol. The third-order valence-corrected chi connectivity index (χ3v) is 1.97. The van der Waals surface area contributed by atoms with E-state index in [-0.39, 0.29) is 0 Å². The summed E-state index contributed by atoms with van der Waals surface area (Å²) in [4.78, 5) is 3.19.